The van der Waals surface area contributed by atoms with Gasteiger partial charge in [-0.15, -0.1) is 0 Å². The van der Waals surface area contributed by atoms with Gasteiger partial charge >= 0.3 is 0 Å². The van der Waals surface area contributed by atoms with Gasteiger partial charge < -0.3 is 20.7 Å². The van der Waals surface area contributed by atoms with Gasteiger partial charge in [-0.3, -0.25) is 4.79 Å². The van der Waals surface area contributed by atoms with Gasteiger partial charge in [0.05, 0.1) is 11.0 Å². The van der Waals surface area contributed by atoms with Crippen molar-refractivity contribution in [3.05, 3.63) is 113 Å². The molecule has 172 valence electrons. The zero-order valence-corrected chi connectivity index (χ0v) is 18.6. The van der Waals surface area contributed by atoms with Crippen LogP contribution in [0.15, 0.2) is 84.9 Å². The minimum Gasteiger partial charge on any atom is -0.508 e. The topological polar surface area (TPSA) is 95.2 Å². The van der Waals surface area contributed by atoms with Gasteiger partial charge in [-0.25, -0.2) is 9.37 Å². The summed E-state index contributed by atoms with van der Waals surface area (Å²) in [5.74, 6) is -0.379. The number of phenolic OH excluding ortho intramolecular Hbond substituents is 1. The summed E-state index contributed by atoms with van der Waals surface area (Å²) in [7, 11) is 0. The molecule has 4 N–H and O–H groups in total. The molecule has 1 atom stereocenters. The summed E-state index contributed by atoms with van der Waals surface area (Å²) < 4.78 is 14.3. The second-order valence-corrected chi connectivity index (χ2v) is 8.67. The Morgan fingerprint density at radius 3 is 2.54 bits per heavy atom. The number of carbonyl (C=O) groups excluding carboxylic acids is 1. The maximum absolute atomic E-state index is 14.3. The maximum atomic E-state index is 14.3. The van der Waals surface area contributed by atoms with Crippen LogP contribution in [0.5, 0.6) is 5.75 Å². The number of aromatic amines is 1. The highest BCUT2D eigenvalue weighted by Crippen LogP contribution is 2.40. The molecule has 0 saturated carbocycles. The van der Waals surface area contributed by atoms with Gasteiger partial charge in [0, 0.05) is 23.4 Å². The Balaban J connectivity index is 1.45. The lowest BCUT2D eigenvalue weighted by Crippen LogP contribution is -2.31. The zero-order valence-electron chi connectivity index (χ0n) is 18.6. The van der Waals surface area contributed by atoms with E-state index in [0.29, 0.717) is 23.6 Å². The Bertz CT molecular complexity index is 1560. The summed E-state index contributed by atoms with van der Waals surface area (Å²) in [6.07, 6.45) is 0. The quantitative estimate of drug-likeness (QED) is 0.310. The lowest BCUT2D eigenvalue weighted by molar-refractivity contribution is 0.0723. The summed E-state index contributed by atoms with van der Waals surface area (Å²) in [6.45, 7) is 0.299. The molecule has 6 nitrogen and oxygen atoms in total. The standard InChI is InChI=1S/C28H21FN4O2/c29-19-9-12-25(34)22(14-19)26(27-31-23-3-1-2-4-24(23)32-27)33-15-18-6-5-17(13-21(18)28(33)35)16-7-10-20(30)11-8-16/h1-14,26,34H,15,30H2,(H,31,32). The van der Waals surface area contributed by atoms with E-state index in [1.807, 2.05) is 66.7 Å². The van der Waals surface area contributed by atoms with Gasteiger partial charge in [0.25, 0.3) is 5.91 Å². The second-order valence-electron chi connectivity index (χ2n) is 8.67. The number of nitrogens with zero attached hydrogens (tertiary/aromatic N) is 2. The average molecular weight is 465 g/mol. The number of nitrogens with two attached hydrogens (primary N) is 1. The Hall–Kier alpha value is -4.65. The number of benzene rings is 4. The van der Waals surface area contributed by atoms with Crippen molar-refractivity contribution in [2.24, 2.45) is 0 Å². The molecule has 1 unspecified atom stereocenters. The molecule has 1 amide bonds. The Morgan fingerprint density at radius 1 is 0.971 bits per heavy atom. The first-order valence-corrected chi connectivity index (χ1v) is 11.2. The highest BCUT2D eigenvalue weighted by Gasteiger charge is 2.37. The minimum atomic E-state index is -0.807. The van der Waals surface area contributed by atoms with E-state index in [1.54, 1.807) is 4.90 Å². The number of rotatable bonds is 4. The number of hydrogen-bond acceptors (Lipinski definition) is 4. The van der Waals surface area contributed by atoms with E-state index in [9.17, 15) is 14.3 Å². The summed E-state index contributed by atoms with van der Waals surface area (Å²) in [4.78, 5) is 23.3. The van der Waals surface area contributed by atoms with Gasteiger partial charge in [0.15, 0.2) is 0 Å². The highest BCUT2D eigenvalue weighted by atomic mass is 19.1. The molecular formula is C28H21FN4O2. The van der Waals surface area contributed by atoms with Crippen LogP contribution in [0.3, 0.4) is 0 Å². The highest BCUT2D eigenvalue weighted by molar-refractivity contribution is 6.00. The largest absolute Gasteiger partial charge is 0.508 e. The van der Waals surface area contributed by atoms with E-state index >= 15 is 0 Å². The molecule has 0 bridgehead atoms. The smallest absolute Gasteiger partial charge is 0.255 e. The Kier molecular flexibility index (Phi) is 4.77. The number of carbonyl (C=O) groups is 1. The lowest BCUT2D eigenvalue weighted by atomic mass is 10.0. The van der Waals surface area contributed by atoms with Crippen molar-refractivity contribution in [1.82, 2.24) is 14.9 Å². The zero-order chi connectivity index (χ0) is 24.1. The van der Waals surface area contributed by atoms with Crippen molar-refractivity contribution in [2.45, 2.75) is 12.6 Å². The third kappa shape index (κ3) is 3.58. The number of aromatic nitrogens is 2. The maximum Gasteiger partial charge on any atom is 0.255 e. The lowest BCUT2D eigenvalue weighted by Gasteiger charge is -2.27. The molecule has 1 aromatic heterocycles. The normalized spacial score (nSPS) is 13.9. The van der Waals surface area contributed by atoms with Gasteiger partial charge in [0.2, 0.25) is 0 Å². The fourth-order valence-corrected chi connectivity index (χ4v) is 4.70. The van der Waals surface area contributed by atoms with E-state index in [4.69, 9.17) is 5.73 Å². The number of nitrogens with one attached hydrogen (secondary N) is 1. The first-order valence-electron chi connectivity index (χ1n) is 11.2. The number of phenols is 1. The van der Waals surface area contributed by atoms with Crippen molar-refractivity contribution in [3.63, 3.8) is 0 Å². The Morgan fingerprint density at radius 2 is 1.74 bits per heavy atom. The monoisotopic (exact) mass is 464 g/mol. The minimum absolute atomic E-state index is 0.108. The number of aromatic hydroxyl groups is 1. The molecule has 6 rings (SSSR count). The first kappa shape index (κ1) is 20.9. The van der Waals surface area contributed by atoms with Crippen molar-refractivity contribution >= 4 is 22.6 Å². The number of anilines is 1. The third-order valence-corrected chi connectivity index (χ3v) is 6.45. The molecule has 1 aliphatic heterocycles. The van der Waals surface area contributed by atoms with Crippen molar-refractivity contribution in [1.29, 1.82) is 0 Å². The first-order chi connectivity index (χ1) is 17.0. The summed E-state index contributed by atoms with van der Waals surface area (Å²) in [5, 5.41) is 10.7. The van der Waals surface area contributed by atoms with E-state index in [0.717, 1.165) is 27.7 Å². The van der Waals surface area contributed by atoms with Crippen molar-refractivity contribution in [3.8, 4) is 16.9 Å². The molecule has 1 aliphatic rings. The number of fused-ring (bicyclic) bond motifs is 2. The molecule has 7 heteroatoms. The third-order valence-electron chi connectivity index (χ3n) is 6.45. The molecule has 4 aromatic carbocycles. The molecule has 0 fully saturated rings. The number of halogens is 1. The summed E-state index contributed by atoms with van der Waals surface area (Å²) in [5.41, 5.74) is 11.5. The van der Waals surface area contributed by atoms with Crippen molar-refractivity contribution < 1.29 is 14.3 Å². The van der Waals surface area contributed by atoms with Crippen molar-refractivity contribution in [2.75, 3.05) is 5.73 Å². The molecule has 2 heterocycles. The predicted octanol–water partition coefficient (Wildman–Crippen LogP) is 5.40. The molecule has 0 radical (unpaired) electrons. The number of amides is 1. The summed E-state index contributed by atoms with van der Waals surface area (Å²) >= 11 is 0. The van der Waals surface area contributed by atoms with E-state index in [-0.39, 0.29) is 17.2 Å². The fraction of sp³-hybridized carbons (Fsp3) is 0.0714. The van der Waals surface area contributed by atoms with Crippen LogP contribution in [0.4, 0.5) is 10.1 Å². The van der Waals surface area contributed by atoms with Gasteiger partial charge in [-0.2, -0.15) is 0 Å². The number of imidazole rings is 1. The van der Waals surface area contributed by atoms with Crippen LogP contribution in [0, 0.1) is 5.82 Å². The summed E-state index contributed by atoms with van der Waals surface area (Å²) in [6, 6.07) is 23.7. The Labute approximate surface area is 200 Å². The van der Waals surface area contributed by atoms with Crippen LogP contribution in [0.2, 0.25) is 0 Å². The number of para-hydroxylation sites is 2. The van der Waals surface area contributed by atoms with Crippen LogP contribution in [0.25, 0.3) is 22.2 Å². The molecular weight excluding hydrogens is 443 g/mol. The molecule has 0 spiro atoms. The van der Waals surface area contributed by atoms with Crippen LogP contribution in [-0.2, 0) is 6.54 Å². The molecule has 5 aromatic rings. The fourth-order valence-electron chi connectivity index (χ4n) is 4.70. The van der Waals surface area contributed by atoms with E-state index in [2.05, 4.69) is 9.97 Å². The second kappa shape index (κ2) is 7.99. The average Bonchev–Trinajstić information content (AvgIpc) is 3.43. The van der Waals surface area contributed by atoms with Crippen LogP contribution in [0.1, 0.15) is 33.4 Å². The van der Waals surface area contributed by atoms with Crippen LogP contribution in [-0.4, -0.2) is 25.9 Å². The number of hydrogen-bond donors (Lipinski definition) is 3. The van der Waals surface area contributed by atoms with E-state index in [1.165, 1.54) is 18.2 Å². The predicted molar refractivity (Wildman–Crippen MR) is 132 cm³/mol. The van der Waals surface area contributed by atoms with Gasteiger partial charge in [0.1, 0.15) is 23.4 Å². The SMILES string of the molecule is Nc1ccc(-c2ccc3c(c2)C(=O)N(C(c2nc4ccccc4[nH]2)c2cc(F)ccc2O)C3)cc1. The molecule has 0 saturated heterocycles. The number of nitrogen functional groups attached to an aromatic ring is 1. The molecule has 35 heavy (non-hydrogen) atoms. The van der Waals surface area contributed by atoms with Gasteiger partial charge in [-0.05, 0) is 65.2 Å². The number of H-pyrrole nitrogens is 1. The van der Waals surface area contributed by atoms with Crippen LogP contribution >= 0.6 is 0 Å². The van der Waals surface area contributed by atoms with E-state index < -0.39 is 11.9 Å². The van der Waals surface area contributed by atoms with Gasteiger partial charge in [-0.1, -0.05) is 36.4 Å². The van der Waals surface area contributed by atoms with Crippen LogP contribution < -0.4 is 5.73 Å². The molecule has 0 aliphatic carbocycles.